The van der Waals surface area contributed by atoms with Gasteiger partial charge in [0.2, 0.25) is 5.95 Å². The number of hydrogen-bond acceptors (Lipinski definition) is 3. The molecule has 0 spiro atoms. The highest BCUT2D eigenvalue weighted by Crippen LogP contribution is 2.20. The molecule has 2 heterocycles. The third-order valence-electron chi connectivity index (χ3n) is 1.37. The zero-order valence-electron chi connectivity index (χ0n) is 5.83. The van der Waals surface area contributed by atoms with Crippen LogP contribution in [0.15, 0.2) is 16.7 Å². The molecule has 0 saturated carbocycles. The van der Waals surface area contributed by atoms with Crippen LogP contribution in [0.2, 0.25) is 5.02 Å². The van der Waals surface area contributed by atoms with Crippen molar-refractivity contribution in [2.45, 2.75) is 0 Å². The van der Waals surface area contributed by atoms with Gasteiger partial charge in [-0.2, -0.15) is 4.98 Å². The van der Waals surface area contributed by atoms with E-state index in [0.717, 1.165) is 4.47 Å². The molecule has 0 amide bonds. The summed E-state index contributed by atoms with van der Waals surface area (Å²) in [7, 11) is 0. The third kappa shape index (κ3) is 1.15. The molecule has 0 bridgehead atoms. The molecule has 0 fully saturated rings. The Bertz CT molecular complexity index is 438. The number of rotatable bonds is 0. The van der Waals surface area contributed by atoms with Gasteiger partial charge < -0.3 is 5.73 Å². The summed E-state index contributed by atoms with van der Waals surface area (Å²) < 4.78 is 2.37. The number of nitrogens with zero attached hydrogens (tertiary/aromatic N) is 3. The quantitative estimate of drug-likeness (QED) is 0.771. The number of nitrogens with two attached hydrogens (primary N) is 1. The van der Waals surface area contributed by atoms with Crippen LogP contribution in [0.1, 0.15) is 0 Å². The Kier molecular flexibility index (Phi) is 1.69. The van der Waals surface area contributed by atoms with Crippen molar-refractivity contribution in [1.29, 1.82) is 0 Å². The monoisotopic (exact) mass is 246 g/mol. The lowest BCUT2D eigenvalue weighted by molar-refractivity contribution is 0.963. The van der Waals surface area contributed by atoms with E-state index in [9.17, 15) is 0 Å². The maximum absolute atomic E-state index is 5.87. The van der Waals surface area contributed by atoms with Crippen LogP contribution in [0.3, 0.4) is 0 Å². The van der Waals surface area contributed by atoms with Crippen molar-refractivity contribution in [1.82, 2.24) is 14.6 Å². The second kappa shape index (κ2) is 2.60. The maximum atomic E-state index is 5.87. The van der Waals surface area contributed by atoms with E-state index in [2.05, 4.69) is 26.0 Å². The van der Waals surface area contributed by atoms with Gasteiger partial charge in [0, 0.05) is 10.7 Å². The van der Waals surface area contributed by atoms with E-state index in [1.54, 1.807) is 12.3 Å². The fraction of sp³-hybridized carbons (Fsp3) is 0. The highest BCUT2D eigenvalue weighted by molar-refractivity contribution is 9.10. The molecule has 0 radical (unpaired) electrons. The van der Waals surface area contributed by atoms with Gasteiger partial charge in [-0.1, -0.05) is 11.6 Å². The first-order valence-corrected chi connectivity index (χ1v) is 4.31. The van der Waals surface area contributed by atoms with Crippen molar-refractivity contribution in [3.8, 4) is 0 Å². The largest absolute Gasteiger partial charge is 0.366 e. The highest BCUT2D eigenvalue weighted by Gasteiger charge is 2.04. The van der Waals surface area contributed by atoms with Crippen LogP contribution >= 0.6 is 27.5 Å². The van der Waals surface area contributed by atoms with Gasteiger partial charge in [-0.05, 0) is 22.0 Å². The molecule has 2 rings (SSSR count). The molecule has 0 aliphatic rings. The number of anilines is 1. The first-order valence-electron chi connectivity index (χ1n) is 3.14. The summed E-state index contributed by atoms with van der Waals surface area (Å²) in [6.07, 6.45) is 1.74. The van der Waals surface area contributed by atoms with Crippen molar-refractivity contribution in [2.75, 3.05) is 5.73 Å². The number of halogens is 2. The van der Waals surface area contributed by atoms with Crippen LogP contribution in [0.5, 0.6) is 0 Å². The molecule has 0 aromatic carbocycles. The molecule has 0 aliphatic carbocycles. The van der Waals surface area contributed by atoms with Gasteiger partial charge in [0.1, 0.15) is 0 Å². The van der Waals surface area contributed by atoms with Crippen LogP contribution in [-0.2, 0) is 0 Å². The molecule has 2 aromatic heterocycles. The summed E-state index contributed by atoms with van der Waals surface area (Å²) >= 11 is 9.15. The van der Waals surface area contributed by atoms with Crippen molar-refractivity contribution in [2.24, 2.45) is 0 Å². The molecule has 12 heavy (non-hydrogen) atoms. The van der Waals surface area contributed by atoms with Crippen molar-refractivity contribution in [3.63, 3.8) is 0 Å². The molecule has 2 aromatic rings. The van der Waals surface area contributed by atoms with Crippen LogP contribution < -0.4 is 5.73 Å². The van der Waals surface area contributed by atoms with Crippen molar-refractivity contribution >= 4 is 39.1 Å². The van der Waals surface area contributed by atoms with Crippen LogP contribution in [0.25, 0.3) is 5.65 Å². The molecule has 6 heteroatoms. The summed E-state index contributed by atoms with van der Waals surface area (Å²) in [5.74, 6) is 0.218. The topological polar surface area (TPSA) is 56.2 Å². The van der Waals surface area contributed by atoms with Gasteiger partial charge >= 0.3 is 0 Å². The van der Waals surface area contributed by atoms with Crippen LogP contribution in [0.4, 0.5) is 5.95 Å². The molecule has 4 nitrogen and oxygen atoms in total. The molecule has 2 N–H and O–H groups in total. The first-order chi connectivity index (χ1) is 5.66. The molecule has 0 unspecified atom stereocenters. The summed E-state index contributed by atoms with van der Waals surface area (Å²) in [5.41, 5.74) is 5.96. The predicted molar refractivity (Wildman–Crippen MR) is 50.1 cm³/mol. The Morgan fingerprint density at radius 3 is 3.08 bits per heavy atom. The second-order valence-corrected chi connectivity index (χ2v) is 3.57. The van der Waals surface area contributed by atoms with E-state index in [1.807, 2.05) is 0 Å². The molecular formula is C6H4BrClN4. The lowest BCUT2D eigenvalue weighted by Crippen LogP contribution is -1.89. The van der Waals surface area contributed by atoms with Crippen LogP contribution in [-0.4, -0.2) is 14.6 Å². The minimum atomic E-state index is 0.218. The van der Waals surface area contributed by atoms with E-state index in [0.29, 0.717) is 10.7 Å². The second-order valence-electron chi connectivity index (χ2n) is 2.24. The Balaban J connectivity index is 2.88. The zero-order valence-corrected chi connectivity index (χ0v) is 8.17. The van der Waals surface area contributed by atoms with Gasteiger partial charge in [0.15, 0.2) is 5.65 Å². The van der Waals surface area contributed by atoms with Gasteiger partial charge in [0.25, 0.3) is 0 Å². The fourth-order valence-electron chi connectivity index (χ4n) is 0.932. The Hall–Kier alpha value is -0.810. The van der Waals surface area contributed by atoms with Gasteiger partial charge in [-0.25, -0.2) is 4.52 Å². The average molecular weight is 247 g/mol. The smallest absolute Gasteiger partial charge is 0.240 e. The average Bonchev–Trinajstić information content (AvgIpc) is 2.29. The lowest BCUT2D eigenvalue weighted by atomic mass is 10.5. The maximum Gasteiger partial charge on any atom is 0.240 e. The van der Waals surface area contributed by atoms with Crippen molar-refractivity contribution < 1.29 is 0 Å². The minimum Gasteiger partial charge on any atom is -0.366 e. The SMILES string of the molecule is Nc1nc2c(Cl)cc(Br)cn2n1. The summed E-state index contributed by atoms with van der Waals surface area (Å²) in [4.78, 5) is 3.93. The minimum absolute atomic E-state index is 0.218. The molecule has 0 atom stereocenters. The lowest BCUT2D eigenvalue weighted by Gasteiger charge is -1.94. The third-order valence-corrected chi connectivity index (χ3v) is 2.08. The van der Waals surface area contributed by atoms with Gasteiger partial charge in [0.05, 0.1) is 5.02 Å². The highest BCUT2D eigenvalue weighted by atomic mass is 79.9. The van der Waals surface area contributed by atoms with Crippen molar-refractivity contribution in [3.05, 3.63) is 21.8 Å². The number of pyridine rings is 1. The van der Waals surface area contributed by atoms with E-state index in [-0.39, 0.29) is 5.95 Å². The van der Waals surface area contributed by atoms with Gasteiger partial charge in [-0.3, -0.25) is 0 Å². The number of fused-ring (bicyclic) bond motifs is 1. The molecule has 62 valence electrons. The molecular weight excluding hydrogens is 243 g/mol. The standard InChI is InChI=1S/C6H4BrClN4/c7-3-1-4(8)5-10-6(9)11-12(5)2-3/h1-2H,(H2,9,11). The van der Waals surface area contributed by atoms with E-state index >= 15 is 0 Å². The molecule has 0 saturated heterocycles. The van der Waals surface area contributed by atoms with Gasteiger partial charge in [-0.15, -0.1) is 5.10 Å². The van der Waals surface area contributed by atoms with E-state index in [4.69, 9.17) is 17.3 Å². The number of nitrogen functional groups attached to an aromatic ring is 1. The Morgan fingerprint density at radius 1 is 1.58 bits per heavy atom. The van der Waals surface area contributed by atoms with E-state index < -0.39 is 0 Å². The Morgan fingerprint density at radius 2 is 2.33 bits per heavy atom. The summed E-state index contributed by atoms with van der Waals surface area (Å²) in [6.45, 7) is 0. The molecule has 0 aliphatic heterocycles. The normalized spacial score (nSPS) is 10.8. The number of hydrogen-bond donors (Lipinski definition) is 1. The van der Waals surface area contributed by atoms with E-state index in [1.165, 1.54) is 4.52 Å². The summed E-state index contributed by atoms with van der Waals surface area (Å²) in [5, 5.41) is 4.43. The summed E-state index contributed by atoms with van der Waals surface area (Å²) in [6, 6.07) is 1.74. The first kappa shape index (κ1) is 7.82. The fourth-order valence-corrected chi connectivity index (χ4v) is 1.73. The zero-order chi connectivity index (χ0) is 8.72. The predicted octanol–water partition coefficient (Wildman–Crippen LogP) is 1.73. The van der Waals surface area contributed by atoms with Crippen LogP contribution in [0, 0.1) is 0 Å². The Labute approximate surface area is 81.5 Å². The number of aromatic nitrogens is 3.